The highest BCUT2D eigenvalue weighted by molar-refractivity contribution is 5.81. The van der Waals surface area contributed by atoms with Crippen LogP contribution in [0, 0.1) is 5.92 Å². The van der Waals surface area contributed by atoms with Crippen LogP contribution in [-0.4, -0.2) is 55.9 Å². The van der Waals surface area contributed by atoms with Gasteiger partial charge >= 0.3 is 6.09 Å². The molecule has 136 valence electrons. The van der Waals surface area contributed by atoms with Crippen molar-refractivity contribution in [3.05, 3.63) is 23.8 Å². The van der Waals surface area contributed by atoms with Crippen molar-refractivity contribution in [2.45, 2.75) is 32.4 Å². The van der Waals surface area contributed by atoms with Gasteiger partial charge in [-0.15, -0.1) is 0 Å². The van der Waals surface area contributed by atoms with E-state index in [4.69, 9.17) is 14.2 Å². The molecule has 7 heteroatoms. The molecular weight excluding hydrogens is 324 g/mol. The Morgan fingerprint density at radius 1 is 1.32 bits per heavy atom. The predicted molar refractivity (Wildman–Crippen MR) is 90.8 cm³/mol. The number of ether oxygens (including phenoxy) is 3. The van der Waals surface area contributed by atoms with Crippen molar-refractivity contribution in [2.24, 2.45) is 5.92 Å². The Labute approximate surface area is 147 Å². The number of carbonyl (C=O) groups excluding carboxylic acids is 2. The molecule has 3 rings (SSSR count). The first-order valence-electron chi connectivity index (χ1n) is 8.52. The second-order valence-corrected chi connectivity index (χ2v) is 6.73. The summed E-state index contributed by atoms with van der Waals surface area (Å²) in [6, 6.07) is 5.73. The summed E-state index contributed by atoms with van der Waals surface area (Å²) >= 11 is 0. The fourth-order valence-corrected chi connectivity index (χ4v) is 3.09. The van der Waals surface area contributed by atoms with Gasteiger partial charge in [0.25, 0.3) is 0 Å². The smallest absolute Gasteiger partial charge is 0.407 e. The van der Waals surface area contributed by atoms with Gasteiger partial charge in [-0.05, 0) is 31.9 Å². The molecule has 25 heavy (non-hydrogen) atoms. The third-order valence-corrected chi connectivity index (χ3v) is 4.36. The average Bonchev–Trinajstić information content (AvgIpc) is 2.55. The number of rotatable bonds is 4. The van der Waals surface area contributed by atoms with Crippen molar-refractivity contribution in [3.63, 3.8) is 0 Å². The van der Waals surface area contributed by atoms with E-state index in [2.05, 4.69) is 5.32 Å². The SMILES string of the molecule is COc1cccc2c1OCC(C(=O)N1CC(OC(=O)NC(C)C)C1)C2. The summed E-state index contributed by atoms with van der Waals surface area (Å²) in [5, 5.41) is 2.67. The minimum atomic E-state index is -0.436. The molecular formula is C18H24N2O5. The Kier molecular flexibility index (Phi) is 5.01. The lowest BCUT2D eigenvalue weighted by atomic mass is 9.94. The molecule has 1 N–H and O–H groups in total. The van der Waals surface area contributed by atoms with E-state index in [-0.39, 0.29) is 24.0 Å². The van der Waals surface area contributed by atoms with E-state index < -0.39 is 6.09 Å². The summed E-state index contributed by atoms with van der Waals surface area (Å²) in [6.45, 7) is 4.95. The van der Waals surface area contributed by atoms with Crippen LogP contribution in [0.1, 0.15) is 19.4 Å². The zero-order valence-electron chi connectivity index (χ0n) is 14.8. The minimum Gasteiger partial charge on any atom is -0.493 e. The lowest BCUT2D eigenvalue weighted by Gasteiger charge is -2.40. The number of methoxy groups -OCH3 is 1. The number of carbonyl (C=O) groups is 2. The molecule has 0 bridgehead atoms. The van der Waals surface area contributed by atoms with Gasteiger partial charge in [0.1, 0.15) is 12.7 Å². The third kappa shape index (κ3) is 3.81. The summed E-state index contributed by atoms with van der Waals surface area (Å²) in [5.41, 5.74) is 0.980. The zero-order valence-corrected chi connectivity index (χ0v) is 14.8. The molecule has 0 spiro atoms. The molecule has 0 aromatic heterocycles. The lowest BCUT2D eigenvalue weighted by molar-refractivity contribution is -0.147. The molecule has 1 saturated heterocycles. The summed E-state index contributed by atoms with van der Waals surface area (Å²) in [4.78, 5) is 25.9. The van der Waals surface area contributed by atoms with Crippen LogP contribution in [0.15, 0.2) is 18.2 Å². The Morgan fingerprint density at radius 2 is 2.08 bits per heavy atom. The number of nitrogens with one attached hydrogen (secondary N) is 1. The van der Waals surface area contributed by atoms with Crippen molar-refractivity contribution >= 4 is 12.0 Å². The number of likely N-dealkylation sites (tertiary alicyclic amines) is 1. The van der Waals surface area contributed by atoms with Gasteiger partial charge < -0.3 is 24.4 Å². The number of nitrogens with zero attached hydrogens (tertiary/aromatic N) is 1. The van der Waals surface area contributed by atoms with Crippen molar-refractivity contribution in [2.75, 3.05) is 26.8 Å². The van der Waals surface area contributed by atoms with Gasteiger partial charge in [0, 0.05) is 6.04 Å². The summed E-state index contributed by atoms with van der Waals surface area (Å²) in [5.74, 6) is 1.24. The van der Waals surface area contributed by atoms with E-state index in [1.807, 2.05) is 32.0 Å². The molecule has 1 atom stereocenters. The van der Waals surface area contributed by atoms with Crippen LogP contribution in [0.25, 0.3) is 0 Å². The fourth-order valence-electron chi connectivity index (χ4n) is 3.09. The van der Waals surface area contributed by atoms with Gasteiger partial charge in [0.05, 0.1) is 26.1 Å². The predicted octanol–water partition coefficient (Wildman–Crippen LogP) is 1.59. The van der Waals surface area contributed by atoms with Gasteiger partial charge in [-0.3, -0.25) is 4.79 Å². The largest absolute Gasteiger partial charge is 0.493 e. The number of hydrogen-bond donors (Lipinski definition) is 1. The highest BCUT2D eigenvalue weighted by Crippen LogP contribution is 2.36. The highest BCUT2D eigenvalue weighted by Gasteiger charge is 2.38. The van der Waals surface area contributed by atoms with Crippen LogP contribution < -0.4 is 14.8 Å². The lowest BCUT2D eigenvalue weighted by Crippen LogP contribution is -2.58. The first-order valence-corrected chi connectivity index (χ1v) is 8.52. The van der Waals surface area contributed by atoms with Gasteiger partial charge in [0.15, 0.2) is 11.5 Å². The van der Waals surface area contributed by atoms with Crippen LogP contribution in [0.2, 0.25) is 0 Å². The first-order chi connectivity index (χ1) is 12.0. The van der Waals surface area contributed by atoms with Crippen LogP contribution in [0.3, 0.4) is 0 Å². The number of hydrogen-bond acceptors (Lipinski definition) is 5. The number of amides is 2. The molecule has 0 aliphatic carbocycles. The maximum Gasteiger partial charge on any atom is 0.407 e. The maximum atomic E-state index is 12.6. The van der Waals surface area contributed by atoms with E-state index in [0.29, 0.717) is 31.9 Å². The van der Waals surface area contributed by atoms with E-state index in [0.717, 1.165) is 11.3 Å². The molecule has 0 saturated carbocycles. The van der Waals surface area contributed by atoms with E-state index >= 15 is 0 Å². The molecule has 2 amide bonds. The first kappa shape index (κ1) is 17.4. The minimum absolute atomic E-state index is 0.0294. The molecule has 0 radical (unpaired) electrons. The Morgan fingerprint density at radius 3 is 2.76 bits per heavy atom. The van der Waals surface area contributed by atoms with E-state index in [9.17, 15) is 9.59 Å². The van der Waals surface area contributed by atoms with Crippen LogP contribution in [0.5, 0.6) is 11.5 Å². The van der Waals surface area contributed by atoms with E-state index in [1.165, 1.54) is 0 Å². The number of alkyl carbamates (subject to hydrolysis) is 1. The standard InChI is InChI=1S/C18H24N2O5/c1-11(2)19-18(22)25-14-8-20(9-14)17(21)13-7-12-5-4-6-15(23-3)16(12)24-10-13/h4-6,11,13-14H,7-10H2,1-3H3,(H,19,22). The molecule has 7 nitrogen and oxygen atoms in total. The second kappa shape index (κ2) is 7.21. The molecule has 1 aromatic carbocycles. The van der Waals surface area contributed by atoms with E-state index in [1.54, 1.807) is 12.0 Å². The molecule has 1 aromatic rings. The van der Waals surface area contributed by atoms with Gasteiger partial charge in [0.2, 0.25) is 5.91 Å². The molecule has 2 aliphatic rings. The maximum absolute atomic E-state index is 12.6. The number of benzene rings is 1. The monoisotopic (exact) mass is 348 g/mol. The van der Waals surface area contributed by atoms with Gasteiger partial charge in [-0.2, -0.15) is 0 Å². The Bertz CT molecular complexity index is 655. The Balaban J connectivity index is 1.51. The van der Waals surface area contributed by atoms with Crippen molar-refractivity contribution < 1.29 is 23.8 Å². The van der Waals surface area contributed by atoms with Crippen LogP contribution in [0.4, 0.5) is 4.79 Å². The van der Waals surface area contributed by atoms with Crippen LogP contribution in [-0.2, 0) is 16.0 Å². The number of fused-ring (bicyclic) bond motifs is 1. The van der Waals surface area contributed by atoms with Crippen molar-refractivity contribution in [3.8, 4) is 11.5 Å². The zero-order chi connectivity index (χ0) is 18.0. The molecule has 1 fully saturated rings. The quantitative estimate of drug-likeness (QED) is 0.894. The molecule has 2 aliphatic heterocycles. The summed E-state index contributed by atoms with van der Waals surface area (Å²) in [6.07, 6.45) is -0.0463. The van der Waals surface area contributed by atoms with Crippen molar-refractivity contribution in [1.29, 1.82) is 0 Å². The average molecular weight is 348 g/mol. The molecule has 2 heterocycles. The fraction of sp³-hybridized carbons (Fsp3) is 0.556. The summed E-state index contributed by atoms with van der Waals surface area (Å²) < 4.78 is 16.3. The van der Waals surface area contributed by atoms with Gasteiger partial charge in [-0.25, -0.2) is 4.79 Å². The van der Waals surface area contributed by atoms with Crippen LogP contribution >= 0.6 is 0 Å². The van der Waals surface area contributed by atoms with Crippen molar-refractivity contribution in [1.82, 2.24) is 10.2 Å². The summed E-state index contributed by atoms with van der Waals surface area (Å²) in [7, 11) is 1.60. The molecule has 1 unspecified atom stereocenters. The van der Waals surface area contributed by atoms with Gasteiger partial charge in [-0.1, -0.05) is 12.1 Å². The normalized spacial score (nSPS) is 19.5. The Hall–Kier alpha value is -2.44. The highest BCUT2D eigenvalue weighted by atomic mass is 16.6. The third-order valence-electron chi connectivity index (χ3n) is 4.36. The number of para-hydroxylation sites is 1. The topological polar surface area (TPSA) is 77.1 Å². The second-order valence-electron chi connectivity index (χ2n) is 6.73.